The van der Waals surface area contributed by atoms with Gasteiger partial charge in [-0.05, 0) is 30.5 Å². The smallest absolute Gasteiger partial charge is 0.218 e. The van der Waals surface area contributed by atoms with Gasteiger partial charge in [0, 0.05) is 32.1 Å². The molecule has 0 unspecified atom stereocenters. The molecule has 0 N–H and O–H groups in total. The van der Waals surface area contributed by atoms with Crippen LogP contribution in [0.3, 0.4) is 0 Å². The highest BCUT2D eigenvalue weighted by Gasteiger charge is 2.28. The summed E-state index contributed by atoms with van der Waals surface area (Å²) >= 11 is 0. The summed E-state index contributed by atoms with van der Waals surface area (Å²) in [5.74, 6) is 1.88. The average molecular weight is 519 g/mol. The first-order chi connectivity index (χ1) is 18.0. The first kappa shape index (κ1) is 25.4. The van der Waals surface area contributed by atoms with Crippen molar-refractivity contribution in [2.24, 2.45) is 0 Å². The standard InChI is InChI=1S/C28H34N6O2S/c1-3-11-22(2)26-30-27(25-20-29-34(28(25)31-26)24-14-8-5-9-15-24)32-16-10-17-33(19-18-32)37(35,36)21-23-12-6-4-7-13-23/h4-9,12-15,20,22H,3,10-11,16-19,21H2,1-2H3/t22-/m0/s1. The van der Waals surface area contributed by atoms with Crippen molar-refractivity contribution in [3.05, 3.63) is 78.2 Å². The summed E-state index contributed by atoms with van der Waals surface area (Å²) in [6.07, 6.45) is 4.61. The minimum Gasteiger partial charge on any atom is -0.355 e. The van der Waals surface area contributed by atoms with Crippen LogP contribution < -0.4 is 4.90 Å². The van der Waals surface area contributed by atoms with Crippen molar-refractivity contribution in [3.8, 4) is 5.69 Å². The lowest BCUT2D eigenvalue weighted by Crippen LogP contribution is -2.36. The van der Waals surface area contributed by atoms with Crippen LogP contribution in [0.4, 0.5) is 5.82 Å². The highest BCUT2D eigenvalue weighted by molar-refractivity contribution is 7.88. The van der Waals surface area contributed by atoms with Gasteiger partial charge in [-0.3, -0.25) is 0 Å². The van der Waals surface area contributed by atoms with E-state index in [1.807, 2.05) is 71.5 Å². The van der Waals surface area contributed by atoms with E-state index in [2.05, 4.69) is 23.8 Å². The Morgan fingerprint density at radius 3 is 2.38 bits per heavy atom. The number of fused-ring (bicyclic) bond motifs is 1. The van der Waals surface area contributed by atoms with Crippen LogP contribution in [0.25, 0.3) is 16.7 Å². The average Bonchev–Trinajstić information content (AvgIpc) is 3.17. The molecular weight excluding hydrogens is 484 g/mol. The lowest BCUT2D eigenvalue weighted by molar-refractivity contribution is 0.432. The molecule has 1 aliphatic heterocycles. The van der Waals surface area contributed by atoms with Gasteiger partial charge < -0.3 is 4.90 Å². The van der Waals surface area contributed by atoms with E-state index in [1.165, 1.54) is 0 Å². The van der Waals surface area contributed by atoms with Crippen molar-refractivity contribution in [2.45, 2.75) is 44.8 Å². The van der Waals surface area contributed by atoms with Gasteiger partial charge in [0.2, 0.25) is 10.0 Å². The van der Waals surface area contributed by atoms with Gasteiger partial charge >= 0.3 is 0 Å². The molecule has 1 aliphatic rings. The molecule has 1 fully saturated rings. The molecule has 2 aromatic heterocycles. The molecule has 4 aromatic rings. The van der Waals surface area contributed by atoms with E-state index in [0.717, 1.165) is 59.7 Å². The quantitative estimate of drug-likeness (QED) is 0.334. The van der Waals surface area contributed by atoms with E-state index in [9.17, 15) is 8.42 Å². The van der Waals surface area contributed by atoms with Crippen LogP contribution in [0.1, 0.15) is 50.4 Å². The van der Waals surface area contributed by atoms with Crippen LogP contribution in [-0.2, 0) is 15.8 Å². The number of para-hydroxylation sites is 1. The molecule has 5 rings (SSSR count). The number of nitrogens with zero attached hydrogens (tertiary/aromatic N) is 6. The molecule has 0 saturated carbocycles. The zero-order chi connectivity index (χ0) is 25.8. The molecule has 3 heterocycles. The van der Waals surface area contributed by atoms with Gasteiger partial charge in [0.15, 0.2) is 5.65 Å². The molecule has 0 aliphatic carbocycles. The fourth-order valence-corrected chi connectivity index (χ4v) is 6.51. The highest BCUT2D eigenvalue weighted by Crippen LogP contribution is 2.30. The Morgan fingerprint density at radius 2 is 1.65 bits per heavy atom. The number of hydrogen-bond acceptors (Lipinski definition) is 6. The minimum atomic E-state index is -3.41. The van der Waals surface area contributed by atoms with Crippen LogP contribution >= 0.6 is 0 Å². The Balaban J connectivity index is 1.46. The second-order valence-corrected chi connectivity index (χ2v) is 11.7. The second kappa shape index (κ2) is 11.0. The van der Waals surface area contributed by atoms with Crippen molar-refractivity contribution in [1.29, 1.82) is 0 Å². The molecule has 0 bridgehead atoms. The number of sulfonamides is 1. The van der Waals surface area contributed by atoms with Crippen molar-refractivity contribution >= 4 is 26.9 Å². The third kappa shape index (κ3) is 5.52. The lowest BCUT2D eigenvalue weighted by atomic mass is 10.1. The van der Waals surface area contributed by atoms with Gasteiger partial charge in [0.25, 0.3) is 0 Å². The number of aromatic nitrogens is 4. The van der Waals surface area contributed by atoms with Gasteiger partial charge in [-0.25, -0.2) is 23.1 Å². The minimum absolute atomic E-state index is 0.0219. The van der Waals surface area contributed by atoms with E-state index in [-0.39, 0.29) is 11.7 Å². The Kier molecular flexibility index (Phi) is 7.53. The van der Waals surface area contributed by atoms with Crippen LogP contribution in [-0.4, -0.2) is 58.7 Å². The van der Waals surface area contributed by atoms with Crippen LogP contribution in [0.15, 0.2) is 66.9 Å². The predicted octanol–water partition coefficient (Wildman–Crippen LogP) is 4.76. The van der Waals surface area contributed by atoms with Crippen molar-refractivity contribution in [2.75, 3.05) is 31.1 Å². The van der Waals surface area contributed by atoms with Crippen molar-refractivity contribution in [1.82, 2.24) is 24.1 Å². The first-order valence-electron chi connectivity index (χ1n) is 13.0. The monoisotopic (exact) mass is 518 g/mol. The molecule has 1 saturated heterocycles. The topological polar surface area (TPSA) is 84.2 Å². The SMILES string of the molecule is CCC[C@H](C)c1nc(N2CCCN(S(=O)(=O)Cc3ccccc3)CC2)c2cnn(-c3ccccc3)c2n1. The van der Waals surface area contributed by atoms with E-state index in [4.69, 9.17) is 9.97 Å². The zero-order valence-electron chi connectivity index (χ0n) is 21.5. The predicted molar refractivity (Wildman–Crippen MR) is 147 cm³/mol. The summed E-state index contributed by atoms with van der Waals surface area (Å²) < 4.78 is 29.9. The Bertz CT molecular complexity index is 1440. The summed E-state index contributed by atoms with van der Waals surface area (Å²) in [7, 11) is -3.41. The van der Waals surface area contributed by atoms with E-state index in [1.54, 1.807) is 4.31 Å². The Hall–Kier alpha value is -3.30. The van der Waals surface area contributed by atoms with Gasteiger partial charge in [-0.1, -0.05) is 68.8 Å². The number of anilines is 1. The fourth-order valence-electron chi connectivity index (χ4n) is 4.95. The van der Waals surface area contributed by atoms with Gasteiger partial charge in [-0.2, -0.15) is 9.40 Å². The largest absolute Gasteiger partial charge is 0.355 e. The van der Waals surface area contributed by atoms with Crippen molar-refractivity contribution < 1.29 is 8.42 Å². The molecular formula is C28H34N6O2S. The van der Waals surface area contributed by atoms with Crippen LogP contribution in [0.2, 0.25) is 0 Å². The normalized spacial score (nSPS) is 16.1. The van der Waals surface area contributed by atoms with Gasteiger partial charge in [-0.15, -0.1) is 0 Å². The fraction of sp³-hybridized carbons (Fsp3) is 0.393. The summed E-state index contributed by atoms with van der Waals surface area (Å²) in [4.78, 5) is 12.2. The summed E-state index contributed by atoms with van der Waals surface area (Å²) in [5.41, 5.74) is 2.54. The molecule has 8 nitrogen and oxygen atoms in total. The van der Waals surface area contributed by atoms with E-state index >= 15 is 0 Å². The van der Waals surface area contributed by atoms with Crippen molar-refractivity contribution in [3.63, 3.8) is 0 Å². The van der Waals surface area contributed by atoms with E-state index in [0.29, 0.717) is 19.6 Å². The van der Waals surface area contributed by atoms with Crippen LogP contribution in [0.5, 0.6) is 0 Å². The Labute approximate surface area is 219 Å². The molecule has 0 radical (unpaired) electrons. The number of benzene rings is 2. The summed E-state index contributed by atoms with van der Waals surface area (Å²) in [6.45, 7) is 6.55. The first-order valence-corrected chi connectivity index (χ1v) is 14.6. The third-order valence-electron chi connectivity index (χ3n) is 6.93. The summed E-state index contributed by atoms with van der Waals surface area (Å²) in [5, 5.41) is 5.56. The summed E-state index contributed by atoms with van der Waals surface area (Å²) in [6, 6.07) is 19.4. The molecule has 1 atom stereocenters. The molecule has 37 heavy (non-hydrogen) atoms. The second-order valence-electron chi connectivity index (χ2n) is 9.71. The number of hydrogen-bond donors (Lipinski definition) is 0. The number of rotatable bonds is 8. The molecule has 9 heteroatoms. The van der Waals surface area contributed by atoms with Crippen LogP contribution in [0, 0.1) is 0 Å². The Morgan fingerprint density at radius 1 is 0.919 bits per heavy atom. The van der Waals surface area contributed by atoms with Gasteiger partial charge in [0.1, 0.15) is 11.6 Å². The molecule has 0 amide bonds. The van der Waals surface area contributed by atoms with E-state index < -0.39 is 10.0 Å². The molecule has 2 aromatic carbocycles. The maximum absolute atomic E-state index is 13.2. The van der Waals surface area contributed by atoms with Gasteiger partial charge in [0.05, 0.1) is 23.0 Å². The maximum atomic E-state index is 13.2. The zero-order valence-corrected chi connectivity index (χ0v) is 22.3. The highest BCUT2D eigenvalue weighted by atomic mass is 32.2. The molecule has 0 spiro atoms. The third-order valence-corrected chi connectivity index (χ3v) is 8.78. The lowest BCUT2D eigenvalue weighted by Gasteiger charge is -2.24. The molecule has 194 valence electrons. The maximum Gasteiger partial charge on any atom is 0.218 e.